The summed E-state index contributed by atoms with van der Waals surface area (Å²) in [6, 6.07) is 0. The number of aliphatic hydroxyl groups excluding tert-OH is 2. The summed E-state index contributed by atoms with van der Waals surface area (Å²) in [5, 5.41) is 21.1. The van der Waals surface area contributed by atoms with E-state index in [0.29, 0.717) is 19.3 Å². The predicted octanol–water partition coefficient (Wildman–Crippen LogP) is 6.49. The predicted molar refractivity (Wildman–Crippen MR) is 128 cm³/mol. The second kappa shape index (κ2) is 17.5. The van der Waals surface area contributed by atoms with E-state index in [1.54, 1.807) is 6.92 Å². The van der Waals surface area contributed by atoms with Crippen molar-refractivity contribution < 1.29 is 29.1 Å². The lowest BCUT2D eigenvalue weighted by Crippen LogP contribution is -2.53. The van der Waals surface area contributed by atoms with Crippen LogP contribution in [0.2, 0.25) is 0 Å². The van der Waals surface area contributed by atoms with Crippen molar-refractivity contribution in [1.82, 2.24) is 0 Å². The summed E-state index contributed by atoms with van der Waals surface area (Å²) in [5.41, 5.74) is -1.44. The average molecular weight is 467 g/mol. The van der Waals surface area contributed by atoms with Crippen LogP contribution in [-0.2, 0) is 9.09 Å². The van der Waals surface area contributed by atoms with Crippen molar-refractivity contribution in [1.29, 1.82) is 0 Å². The zero-order valence-corrected chi connectivity index (χ0v) is 21.5. The monoisotopic (exact) mass is 466 g/mol. The maximum absolute atomic E-state index is 11.8. The van der Waals surface area contributed by atoms with Gasteiger partial charge in [-0.25, -0.2) is 4.57 Å². The Balaban J connectivity index is 4.92. The molecule has 188 valence electrons. The van der Waals surface area contributed by atoms with Crippen molar-refractivity contribution in [3.8, 4) is 0 Å². The normalized spacial score (nSPS) is 17.3. The average Bonchev–Trinajstić information content (AvgIpc) is 2.67. The van der Waals surface area contributed by atoms with Gasteiger partial charge in [0.05, 0.1) is 12.2 Å². The Morgan fingerprint density at radius 2 is 1.16 bits per heavy atom. The quantitative estimate of drug-likeness (QED) is 0.114. The lowest BCUT2D eigenvalue weighted by molar-refractivity contribution is -0.134. The number of phosphoric ester groups is 1. The minimum atomic E-state index is -4.83. The molecule has 0 spiro atoms. The Morgan fingerprint density at radius 1 is 0.742 bits per heavy atom. The van der Waals surface area contributed by atoms with Crippen LogP contribution >= 0.6 is 7.82 Å². The van der Waals surface area contributed by atoms with Crippen LogP contribution in [0.25, 0.3) is 0 Å². The first kappa shape index (κ1) is 31.0. The van der Waals surface area contributed by atoms with Gasteiger partial charge in [0.15, 0.2) is 0 Å². The summed E-state index contributed by atoms with van der Waals surface area (Å²) in [6.07, 6.45) is 14.5. The van der Waals surface area contributed by atoms with Gasteiger partial charge >= 0.3 is 7.82 Å². The topological polar surface area (TPSA) is 107 Å². The molecule has 0 aliphatic rings. The zero-order chi connectivity index (χ0) is 23.8. The molecule has 4 unspecified atom stereocenters. The van der Waals surface area contributed by atoms with Crippen molar-refractivity contribution in [2.75, 3.05) is 0 Å². The van der Waals surface area contributed by atoms with Gasteiger partial charge in [-0.15, -0.1) is 0 Å². The fraction of sp³-hybridized carbons (Fsp3) is 1.00. The summed E-state index contributed by atoms with van der Waals surface area (Å²) in [5.74, 6) is -0.532. The molecule has 0 bridgehead atoms. The van der Waals surface area contributed by atoms with Crippen molar-refractivity contribution >= 4 is 7.82 Å². The molecule has 0 heterocycles. The number of hydrogen-bond acceptors (Lipinski definition) is 4. The van der Waals surface area contributed by atoms with Crippen LogP contribution in [0.5, 0.6) is 0 Å². The lowest BCUT2D eigenvalue weighted by atomic mass is 9.74. The third-order valence-electron chi connectivity index (χ3n) is 6.50. The Kier molecular flexibility index (Phi) is 17.5. The molecule has 4 N–H and O–H groups in total. The minimum absolute atomic E-state index is 0.329. The second-order valence-corrected chi connectivity index (χ2v) is 10.5. The van der Waals surface area contributed by atoms with E-state index in [1.807, 2.05) is 0 Å². The molecule has 0 aromatic carbocycles. The van der Waals surface area contributed by atoms with E-state index in [1.165, 1.54) is 45.4 Å². The van der Waals surface area contributed by atoms with E-state index in [9.17, 15) is 24.6 Å². The number of unbranched alkanes of at least 4 members (excludes halogenated alkanes) is 12. The summed E-state index contributed by atoms with van der Waals surface area (Å²) in [7, 11) is -4.83. The van der Waals surface area contributed by atoms with Gasteiger partial charge in [0.1, 0.15) is 5.60 Å². The first-order valence-corrected chi connectivity index (χ1v) is 14.3. The molecule has 4 atom stereocenters. The van der Waals surface area contributed by atoms with Crippen LogP contribution in [0, 0.1) is 5.92 Å². The van der Waals surface area contributed by atoms with E-state index in [4.69, 9.17) is 4.52 Å². The number of hydrogen-bond donors (Lipinski definition) is 4. The zero-order valence-electron chi connectivity index (χ0n) is 20.6. The highest BCUT2D eigenvalue weighted by Gasteiger charge is 2.49. The highest BCUT2D eigenvalue weighted by Crippen LogP contribution is 2.49. The van der Waals surface area contributed by atoms with Gasteiger partial charge < -0.3 is 20.0 Å². The van der Waals surface area contributed by atoms with E-state index in [-0.39, 0.29) is 0 Å². The van der Waals surface area contributed by atoms with Crippen LogP contribution in [0.4, 0.5) is 0 Å². The van der Waals surface area contributed by atoms with Gasteiger partial charge in [-0.3, -0.25) is 4.52 Å². The molecular weight excluding hydrogens is 415 g/mol. The van der Waals surface area contributed by atoms with Crippen molar-refractivity contribution in [3.63, 3.8) is 0 Å². The minimum Gasteiger partial charge on any atom is -0.393 e. The molecule has 0 aromatic rings. The van der Waals surface area contributed by atoms with Crippen molar-refractivity contribution in [2.45, 2.75) is 148 Å². The van der Waals surface area contributed by atoms with Gasteiger partial charge in [0.25, 0.3) is 0 Å². The molecular formula is C24H51O6P. The number of phosphoric acid groups is 1. The first-order chi connectivity index (χ1) is 14.6. The Morgan fingerprint density at radius 3 is 1.55 bits per heavy atom. The fourth-order valence-corrected chi connectivity index (χ4v) is 5.51. The Labute approximate surface area is 191 Å². The van der Waals surface area contributed by atoms with Gasteiger partial charge in [-0.05, 0) is 26.7 Å². The Hall–Kier alpha value is 0.0300. The largest absolute Gasteiger partial charge is 0.470 e. The molecule has 6 nitrogen and oxygen atoms in total. The molecule has 0 saturated heterocycles. The molecule has 0 rings (SSSR count). The van der Waals surface area contributed by atoms with Gasteiger partial charge in [-0.2, -0.15) is 0 Å². The third kappa shape index (κ3) is 14.0. The fourth-order valence-electron chi connectivity index (χ4n) is 4.69. The van der Waals surface area contributed by atoms with E-state index in [2.05, 4.69) is 13.8 Å². The third-order valence-corrected chi connectivity index (χ3v) is 7.07. The lowest BCUT2D eigenvalue weighted by Gasteiger charge is -2.44. The number of aliphatic hydroxyl groups is 2. The summed E-state index contributed by atoms with van der Waals surface area (Å²) in [6.45, 7) is 7.49. The maximum Gasteiger partial charge on any atom is 0.470 e. The smallest absolute Gasteiger partial charge is 0.393 e. The van der Waals surface area contributed by atoms with Crippen LogP contribution in [0.3, 0.4) is 0 Å². The first-order valence-electron chi connectivity index (χ1n) is 12.7. The molecule has 0 aromatic heterocycles. The van der Waals surface area contributed by atoms with Gasteiger partial charge in [0, 0.05) is 5.92 Å². The molecule has 0 radical (unpaired) electrons. The van der Waals surface area contributed by atoms with Crippen LogP contribution in [-0.4, -0.2) is 37.8 Å². The Bertz CT molecular complexity index is 465. The van der Waals surface area contributed by atoms with Crippen molar-refractivity contribution in [3.05, 3.63) is 0 Å². The van der Waals surface area contributed by atoms with E-state index in [0.717, 1.165) is 44.9 Å². The summed E-state index contributed by atoms with van der Waals surface area (Å²) < 4.78 is 17.1. The standard InChI is InChI=1S/C24H51O6P/c1-5-7-9-11-12-13-14-15-16-18-20-24(22(4)26,30-31(27,28)29)23(21(3)25)19-17-10-8-6-2/h21-23,25-26H,5-20H2,1-4H3,(H2,27,28,29). The molecule has 0 saturated carbocycles. The molecule has 31 heavy (non-hydrogen) atoms. The molecule has 0 aliphatic carbocycles. The second-order valence-electron chi connectivity index (χ2n) is 9.34. The van der Waals surface area contributed by atoms with Gasteiger partial charge in [0.2, 0.25) is 0 Å². The molecule has 0 aliphatic heterocycles. The molecule has 0 amide bonds. The molecule has 0 fully saturated rings. The highest BCUT2D eigenvalue weighted by molar-refractivity contribution is 7.46. The van der Waals surface area contributed by atoms with E-state index >= 15 is 0 Å². The van der Waals surface area contributed by atoms with Crippen molar-refractivity contribution in [2.24, 2.45) is 5.92 Å². The summed E-state index contributed by atoms with van der Waals surface area (Å²) >= 11 is 0. The van der Waals surface area contributed by atoms with Crippen LogP contribution < -0.4 is 0 Å². The SMILES string of the molecule is CCCCCCCCCCCCC(OP(=O)(O)O)(C(C)O)C(CCCCCC)C(C)O. The summed E-state index contributed by atoms with van der Waals surface area (Å²) in [4.78, 5) is 19.2. The molecule has 7 heteroatoms. The highest BCUT2D eigenvalue weighted by atomic mass is 31.2. The van der Waals surface area contributed by atoms with Crippen LogP contribution in [0.1, 0.15) is 130 Å². The van der Waals surface area contributed by atoms with Crippen LogP contribution in [0.15, 0.2) is 0 Å². The van der Waals surface area contributed by atoms with Gasteiger partial charge in [-0.1, -0.05) is 104 Å². The van der Waals surface area contributed by atoms with E-state index < -0.39 is 31.5 Å². The maximum atomic E-state index is 11.8. The number of rotatable bonds is 21.